The summed E-state index contributed by atoms with van der Waals surface area (Å²) in [5, 5.41) is 10.8. The molecule has 0 atom stereocenters. The summed E-state index contributed by atoms with van der Waals surface area (Å²) in [6.07, 6.45) is 2.36. The number of rotatable bonds is 6. The molecule has 0 saturated heterocycles. The van der Waals surface area contributed by atoms with Gasteiger partial charge in [-0.1, -0.05) is 41.5 Å². The van der Waals surface area contributed by atoms with E-state index in [0.717, 1.165) is 28.1 Å². The number of nitrogens with one attached hydrogen (secondary N) is 1. The summed E-state index contributed by atoms with van der Waals surface area (Å²) in [6, 6.07) is 9.72. The van der Waals surface area contributed by atoms with Crippen molar-refractivity contribution in [3.05, 3.63) is 70.6 Å². The molecular formula is C23H23N5O3. The summed E-state index contributed by atoms with van der Waals surface area (Å²) < 4.78 is 10.6. The SMILES string of the molecule is CCc1onc(C)c1C(=O)NCc1ccc(-c2nc(C)ncc2-c2cc(C)no2)cc1. The van der Waals surface area contributed by atoms with Crippen LogP contribution in [-0.2, 0) is 13.0 Å². The van der Waals surface area contributed by atoms with Gasteiger partial charge in [0.2, 0.25) is 0 Å². The standard InChI is InChI=1S/C23H23N5O3/c1-5-19-21(14(3)28-30-19)23(29)25-11-16-6-8-17(9-7-16)22-18(12-24-15(4)26-22)20-10-13(2)27-31-20/h6-10,12H,5,11H2,1-4H3,(H,25,29). The number of aryl methyl sites for hydroxylation is 4. The maximum Gasteiger partial charge on any atom is 0.257 e. The molecule has 0 aliphatic heterocycles. The monoisotopic (exact) mass is 417 g/mol. The third kappa shape index (κ3) is 4.23. The van der Waals surface area contributed by atoms with E-state index in [4.69, 9.17) is 9.05 Å². The molecule has 158 valence electrons. The molecule has 0 radical (unpaired) electrons. The number of hydrogen-bond acceptors (Lipinski definition) is 7. The van der Waals surface area contributed by atoms with Crippen LogP contribution in [0.15, 0.2) is 45.6 Å². The lowest BCUT2D eigenvalue weighted by Crippen LogP contribution is -2.24. The van der Waals surface area contributed by atoms with Gasteiger partial charge < -0.3 is 14.4 Å². The number of carbonyl (C=O) groups is 1. The van der Waals surface area contributed by atoms with Gasteiger partial charge in [-0.3, -0.25) is 4.79 Å². The predicted molar refractivity (Wildman–Crippen MR) is 114 cm³/mol. The number of benzene rings is 1. The van der Waals surface area contributed by atoms with Crippen molar-refractivity contribution >= 4 is 5.91 Å². The van der Waals surface area contributed by atoms with E-state index < -0.39 is 0 Å². The maximum atomic E-state index is 12.6. The molecule has 3 heterocycles. The first-order valence-corrected chi connectivity index (χ1v) is 10.1. The number of carbonyl (C=O) groups excluding carboxylic acids is 1. The largest absolute Gasteiger partial charge is 0.360 e. The van der Waals surface area contributed by atoms with Crippen molar-refractivity contribution in [2.45, 2.75) is 40.7 Å². The zero-order valence-corrected chi connectivity index (χ0v) is 17.9. The van der Waals surface area contributed by atoms with Crippen LogP contribution in [0.25, 0.3) is 22.6 Å². The first kappa shape index (κ1) is 20.5. The number of amides is 1. The van der Waals surface area contributed by atoms with Gasteiger partial charge >= 0.3 is 0 Å². The zero-order valence-electron chi connectivity index (χ0n) is 17.9. The van der Waals surface area contributed by atoms with E-state index >= 15 is 0 Å². The van der Waals surface area contributed by atoms with Crippen molar-refractivity contribution in [1.29, 1.82) is 0 Å². The van der Waals surface area contributed by atoms with Gasteiger partial charge in [0, 0.05) is 30.8 Å². The topological polar surface area (TPSA) is 107 Å². The molecule has 0 spiro atoms. The van der Waals surface area contributed by atoms with Crippen molar-refractivity contribution in [3.63, 3.8) is 0 Å². The van der Waals surface area contributed by atoms with Crippen LogP contribution >= 0.6 is 0 Å². The Balaban J connectivity index is 1.53. The fourth-order valence-corrected chi connectivity index (χ4v) is 3.36. The summed E-state index contributed by atoms with van der Waals surface area (Å²) >= 11 is 0. The molecule has 8 nitrogen and oxygen atoms in total. The molecule has 8 heteroatoms. The third-order valence-corrected chi connectivity index (χ3v) is 4.96. The Bertz CT molecular complexity index is 1220. The van der Waals surface area contributed by atoms with E-state index in [1.54, 1.807) is 13.1 Å². The molecule has 0 bridgehead atoms. The lowest BCUT2D eigenvalue weighted by atomic mass is 10.0. The molecule has 0 unspecified atom stereocenters. The molecule has 31 heavy (non-hydrogen) atoms. The highest BCUT2D eigenvalue weighted by atomic mass is 16.5. The Morgan fingerprint density at radius 2 is 1.84 bits per heavy atom. The van der Waals surface area contributed by atoms with E-state index in [-0.39, 0.29) is 5.91 Å². The van der Waals surface area contributed by atoms with Crippen molar-refractivity contribution in [2.24, 2.45) is 0 Å². The Morgan fingerprint density at radius 3 is 2.52 bits per heavy atom. The molecule has 0 saturated carbocycles. The Hall–Kier alpha value is -3.81. The lowest BCUT2D eigenvalue weighted by molar-refractivity contribution is 0.0948. The van der Waals surface area contributed by atoms with E-state index in [1.807, 2.05) is 51.1 Å². The summed E-state index contributed by atoms with van der Waals surface area (Å²) in [5.41, 5.74) is 5.34. The molecule has 4 aromatic rings. The van der Waals surface area contributed by atoms with Gasteiger partial charge in [-0.2, -0.15) is 0 Å². The fourth-order valence-electron chi connectivity index (χ4n) is 3.36. The number of nitrogens with zero attached hydrogens (tertiary/aromatic N) is 4. The highest BCUT2D eigenvalue weighted by Gasteiger charge is 2.19. The molecule has 4 rings (SSSR count). The van der Waals surface area contributed by atoms with Gasteiger partial charge in [-0.25, -0.2) is 9.97 Å². The van der Waals surface area contributed by atoms with Crippen LogP contribution in [0.1, 0.15) is 45.8 Å². The van der Waals surface area contributed by atoms with Crippen molar-refractivity contribution < 1.29 is 13.8 Å². The number of aromatic nitrogens is 4. The molecule has 0 aliphatic rings. The quantitative estimate of drug-likeness (QED) is 0.501. The Labute approximate surface area is 179 Å². The van der Waals surface area contributed by atoms with E-state index in [9.17, 15) is 4.79 Å². The molecular weight excluding hydrogens is 394 g/mol. The van der Waals surface area contributed by atoms with Gasteiger partial charge in [-0.05, 0) is 26.3 Å². The van der Waals surface area contributed by atoms with Crippen molar-refractivity contribution in [3.8, 4) is 22.6 Å². The summed E-state index contributed by atoms with van der Waals surface area (Å²) in [7, 11) is 0. The average molecular weight is 417 g/mol. The van der Waals surface area contributed by atoms with Crippen LogP contribution in [-0.4, -0.2) is 26.2 Å². The molecule has 1 N–H and O–H groups in total. The lowest BCUT2D eigenvalue weighted by Gasteiger charge is -2.09. The predicted octanol–water partition coefficient (Wildman–Crippen LogP) is 4.20. The van der Waals surface area contributed by atoms with Crippen LogP contribution in [0.3, 0.4) is 0 Å². The van der Waals surface area contributed by atoms with Gasteiger partial charge in [-0.15, -0.1) is 0 Å². The molecule has 3 aromatic heterocycles. The average Bonchev–Trinajstić information content (AvgIpc) is 3.37. The van der Waals surface area contributed by atoms with Gasteiger partial charge in [0.1, 0.15) is 17.1 Å². The first-order chi connectivity index (χ1) is 15.0. The van der Waals surface area contributed by atoms with Gasteiger partial charge in [0.05, 0.1) is 22.6 Å². The number of hydrogen-bond donors (Lipinski definition) is 1. The van der Waals surface area contributed by atoms with Crippen LogP contribution in [0.5, 0.6) is 0 Å². The smallest absolute Gasteiger partial charge is 0.257 e. The summed E-state index contributed by atoms with van der Waals surface area (Å²) in [4.78, 5) is 21.5. The normalized spacial score (nSPS) is 11.0. The van der Waals surface area contributed by atoms with Gasteiger partial charge in [0.25, 0.3) is 5.91 Å². The molecule has 0 aliphatic carbocycles. The minimum absolute atomic E-state index is 0.186. The minimum atomic E-state index is -0.186. The van der Waals surface area contributed by atoms with Gasteiger partial charge in [0.15, 0.2) is 5.76 Å². The van der Waals surface area contributed by atoms with Crippen LogP contribution in [0, 0.1) is 20.8 Å². The first-order valence-electron chi connectivity index (χ1n) is 10.1. The van der Waals surface area contributed by atoms with E-state index in [1.165, 1.54) is 0 Å². The summed E-state index contributed by atoms with van der Waals surface area (Å²) in [5.74, 6) is 1.70. The molecule has 1 amide bonds. The van der Waals surface area contributed by atoms with E-state index in [0.29, 0.717) is 41.6 Å². The fraction of sp³-hybridized carbons (Fsp3) is 0.261. The summed E-state index contributed by atoms with van der Waals surface area (Å²) in [6.45, 7) is 7.81. The highest BCUT2D eigenvalue weighted by Crippen LogP contribution is 2.30. The van der Waals surface area contributed by atoms with Crippen molar-refractivity contribution in [1.82, 2.24) is 25.6 Å². The van der Waals surface area contributed by atoms with Crippen LogP contribution in [0.2, 0.25) is 0 Å². The minimum Gasteiger partial charge on any atom is -0.360 e. The Kier molecular flexibility index (Phi) is 5.62. The third-order valence-electron chi connectivity index (χ3n) is 4.96. The molecule has 0 fully saturated rings. The highest BCUT2D eigenvalue weighted by molar-refractivity contribution is 5.96. The zero-order chi connectivity index (χ0) is 22.0. The van der Waals surface area contributed by atoms with Crippen molar-refractivity contribution in [2.75, 3.05) is 0 Å². The van der Waals surface area contributed by atoms with Crippen LogP contribution < -0.4 is 5.32 Å². The Morgan fingerprint density at radius 1 is 1.06 bits per heavy atom. The second-order valence-electron chi connectivity index (χ2n) is 7.31. The molecule has 1 aromatic carbocycles. The van der Waals surface area contributed by atoms with E-state index in [2.05, 4.69) is 25.6 Å². The second-order valence-corrected chi connectivity index (χ2v) is 7.31. The second kappa shape index (κ2) is 8.51. The van der Waals surface area contributed by atoms with Crippen LogP contribution in [0.4, 0.5) is 0 Å². The maximum absolute atomic E-state index is 12.6.